The Bertz CT molecular complexity index is 440. The van der Waals surface area contributed by atoms with Gasteiger partial charge >= 0.3 is 0 Å². The molecule has 1 N–H and O–H groups in total. The van der Waals surface area contributed by atoms with Gasteiger partial charge in [-0.25, -0.2) is 4.98 Å². The minimum atomic E-state index is 0.556. The molecular weight excluding hydrogens is 296 g/mol. The van der Waals surface area contributed by atoms with E-state index in [4.69, 9.17) is 10.00 Å². The molecule has 2 heterocycles. The Balaban J connectivity index is 1.81. The monoisotopic (exact) mass is 310 g/mol. The third-order valence-corrected chi connectivity index (χ3v) is 3.40. The van der Waals surface area contributed by atoms with Gasteiger partial charge in [-0.05, 0) is 22.0 Å². The number of anilines is 1. The number of pyridine rings is 1. The number of nitriles is 1. The fourth-order valence-electron chi connectivity index (χ4n) is 1.79. The molecule has 1 aliphatic heterocycles. The van der Waals surface area contributed by atoms with E-state index in [2.05, 4.69) is 37.2 Å². The van der Waals surface area contributed by atoms with E-state index in [9.17, 15) is 0 Å². The van der Waals surface area contributed by atoms with Crippen LogP contribution in [0, 0.1) is 11.3 Å². The summed E-state index contributed by atoms with van der Waals surface area (Å²) < 4.78 is 6.12. The molecule has 0 radical (unpaired) electrons. The number of halogens is 1. The van der Waals surface area contributed by atoms with Crippen LogP contribution in [0.5, 0.6) is 0 Å². The van der Waals surface area contributed by atoms with Crippen molar-refractivity contribution in [3.05, 3.63) is 22.3 Å². The molecule has 0 aromatic carbocycles. The zero-order chi connectivity index (χ0) is 12.8. The highest BCUT2D eigenvalue weighted by Gasteiger charge is 2.09. The average Bonchev–Trinajstić information content (AvgIpc) is 2.42. The molecule has 18 heavy (non-hydrogen) atoms. The lowest BCUT2D eigenvalue weighted by Gasteiger charge is -2.26. The van der Waals surface area contributed by atoms with Gasteiger partial charge in [0.25, 0.3) is 0 Å². The highest BCUT2D eigenvalue weighted by Crippen LogP contribution is 2.20. The molecule has 0 unspecified atom stereocenters. The molecule has 0 spiro atoms. The predicted molar refractivity (Wildman–Crippen MR) is 72.4 cm³/mol. The number of nitrogens with zero attached hydrogens (tertiary/aromatic N) is 3. The number of rotatable bonds is 4. The van der Waals surface area contributed by atoms with E-state index in [0.717, 1.165) is 49.7 Å². The van der Waals surface area contributed by atoms with Crippen LogP contribution >= 0.6 is 15.9 Å². The molecule has 1 aromatic rings. The Hall–Kier alpha value is -1.16. The number of hydrogen-bond donors (Lipinski definition) is 1. The van der Waals surface area contributed by atoms with Crippen LogP contribution in [0.3, 0.4) is 0 Å². The molecule has 0 atom stereocenters. The zero-order valence-corrected chi connectivity index (χ0v) is 11.6. The second-order valence-electron chi connectivity index (χ2n) is 4.05. The van der Waals surface area contributed by atoms with Gasteiger partial charge in [0.05, 0.1) is 23.2 Å². The van der Waals surface area contributed by atoms with Crippen LogP contribution in [-0.2, 0) is 4.74 Å². The minimum absolute atomic E-state index is 0.556. The van der Waals surface area contributed by atoms with Crippen molar-refractivity contribution in [1.82, 2.24) is 9.88 Å². The largest absolute Gasteiger partial charge is 0.379 e. The second-order valence-corrected chi connectivity index (χ2v) is 4.90. The van der Waals surface area contributed by atoms with Gasteiger partial charge in [0.2, 0.25) is 0 Å². The van der Waals surface area contributed by atoms with Crippen molar-refractivity contribution in [2.45, 2.75) is 0 Å². The summed E-state index contributed by atoms with van der Waals surface area (Å²) >= 11 is 3.40. The zero-order valence-electron chi connectivity index (χ0n) is 10.0. The fraction of sp³-hybridized carbons (Fsp3) is 0.500. The Morgan fingerprint density at radius 1 is 1.50 bits per heavy atom. The fourth-order valence-corrected chi connectivity index (χ4v) is 2.28. The van der Waals surface area contributed by atoms with Crippen molar-refractivity contribution in [2.75, 3.05) is 44.7 Å². The number of ether oxygens (including phenoxy) is 1. The first-order valence-corrected chi connectivity index (χ1v) is 6.68. The van der Waals surface area contributed by atoms with Gasteiger partial charge in [0, 0.05) is 32.4 Å². The molecule has 1 fully saturated rings. The van der Waals surface area contributed by atoms with Gasteiger partial charge < -0.3 is 10.1 Å². The predicted octanol–water partition coefficient (Wildman–Crippen LogP) is 1.46. The van der Waals surface area contributed by atoms with Crippen molar-refractivity contribution in [2.24, 2.45) is 0 Å². The molecule has 6 heteroatoms. The van der Waals surface area contributed by atoms with Crippen LogP contribution in [0.2, 0.25) is 0 Å². The van der Waals surface area contributed by atoms with E-state index in [1.807, 2.05) is 0 Å². The van der Waals surface area contributed by atoms with Crippen LogP contribution in [-0.4, -0.2) is 49.3 Å². The van der Waals surface area contributed by atoms with Crippen molar-refractivity contribution in [3.8, 4) is 6.07 Å². The van der Waals surface area contributed by atoms with Gasteiger partial charge in [-0.15, -0.1) is 0 Å². The molecule has 5 nitrogen and oxygen atoms in total. The maximum atomic E-state index is 8.75. The Kier molecular flexibility index (Phi) is 4.93. The summed E-state index contributed by atoms with van der Waals surface area (Å²) in [7, 11) is 0. The van der Waals surface area contributed by atoms with Gasteiger partial charge in [0.15, 0.2) is 0 Å². The molecule has 1 aromatic heterocycles. The van der Waals surface area contributed by atoms with Crippen LogP contribution in [0.1, 0.15) is 5.56 Å². The van der Waals surface area contributed by atoms with Crippen molar-refractivity contribution in [3.63, 3.8) is 0 Å². The lowest BCUT2D eigenvalue weighted by Crippen LogP contribution is -2.39. The maximum Gasteiger partial charge on any atom is 0.140 e. The standard InChI is InChI=1S/C12H15BrN4O/c13-11-7-10(8-14)9-16-12(11)15-1-2-17-3-5-18-6-4-17/h7,9H,1-6H2,(H,15,16). The lowest BCUT2D eigenvalue weighted by atomic mass is 10.3. The number of morpholine rings is 1. The summed E-state index contributed by atoms with van der Waals surface area (Å²) in [5, 5.41) is 12.0. The third kappa shape index (κ3) is 3.67. The van der Waals surface area contributed by atoms with Gasteiger partial charge in [-0.3, -0.25) is 4.90 Å². The Morgan fingerprint density at radius 3 is 2.94 bits per heavy atom. The quantitative estimate of drug-likeness (QED) is 0.912. The van der Waals surface area contributed by atoms with E-state index >= 15 is 0 Å². The summed E-state index contributed by atoms with van der Waals surface area (Å²) in [4.78, 5) is 6.56. The van der Waals surface area contributed by atoms with Crippen molar-refractivity contribution >= 4 is 21.7 Å². The van der Waals surface area contributed by atoms with Crippen LogP contribution in [0.15, 0.2) is 16.7 Å². The number of nitrogens with one attached hydrogen (secondary N) is 1. The van der Waals surface area contributed by atoms with E-state index in [1.54, 1.807) is 12.3 Å². The van der Waals surface area contributed by atoms with Gasteiger partial charge in [0.1, 0.15) is 11.9 Å². The topological polar surface area (TPSA) is 61.2 Å². The molecular formula is C12H15BrN4O. The first kappa shape index (κ1) is 13.3. The SMILES string of the molecule is N#Cc1cnc(NCCN2CCOCC2)c(Br)c1. The van der Waals surface area contributed by atoms with Crippen molar-refractivity contribution in [1.29, 1.82) is 5.26 Å². The first-order valence-electron chi connectivity index (χ1n) is 5.89. The van der Waals surface area contributed by atoms with E-state index < -0.39 is 0 Å². The first-order chi connectivity index (χ1) is 8.79. The van der Waals surface area contributed by atoms with Crippen molar-refractivity contribution < 1.29 is 4.74 Å². The molecule has 0 bridgehead atoms. The normalized spacial score (nSPS) is 16.2. The molecule has 1 aliphatic rings. The third-order valence-electron chi connectivity index (χ3n) is 2.79. The smallest absolute Gasteiger partial charge is 0.140 e. The van der Waals surface area contributed by atoms with E-state index in [0.29, 0.717) is 5.56 Å². The highest BCUT2D eigenvalue weighted by molar-refractivity contribution is 9.10. The minimum Gasteiger partial charge on any atom is -0.379 e. The second kappa shape index (κ2) is 6.69. The van der Waals surface area contributed by atoms with Crippen LogP contribution in [0.25, 0.3) is 0 Å². The summed E-state index contributed by atoms with van der Waals surface area (Å²) in [6, 6.07) is 3.83. The molecule has 0 saturated carbocycles. The summed E-state index contributed by atoms with van der Waals surface area (Å²) in [6.45, 7) is 5.42. The molecule has 96 valence electrons. The highest BCUT2D eigenvalue weighted by atomic mass is 79.9. The molecule has 0 amide bonds. The summed E-state index contributed by atoms with van der Waals surface area (Å²) in [5.41, 5.74) is 0.556. The Labute approximate surface area is 115 Å². The van der Waals surface area contributed by atoms with E-state index in [1.165, 1.54) is 0 Å². The molecule has 0 aliphatic carbocycles. The number of aromatic nitrogens is 1. The van der Waals surface area contributed by atoms with Crippen LogP contribution < -0.4 is 5.32 Å². The molecule has 1 saturated heterocycles. The van der Waals surface area contributed by atoms with Gasteiger partial charge in [-0.1, -0.05) is 0 Å². The average molecular weight is 311 g/mol. The van der Waals surface area contributed by atoms with Crippen LogP contribution in [0.4, 0.5) is 5.82 Å². The number of hydrogen-bond acceptors (Lipinski definition) is 5. The summed E-state index contributed by atoms with van der Waals surface area (Å²) in [6.07, 6.45) is 1.57. The van der Waals surface area contributed by atoms with E-state index in [-0.39, 0.29) is 0 Å². The maximum absolute atomic E-state index is 8.75. The molecule has 2 rings (SSSR count). The Morgan fingerprint density at radius 2 is 2.28 bits per heavy atom. The summed E-state index contributed by atoms with van der Waals surface area (Å²) in [5.74, 6) is 0.780. The lowest BCUT2D eigenvalue weighted by molar-refractivity contribution is 0.0398. The van der Waals surface area contributed by atoms with Gasteiger partial charge in [-0.2, -0.15) is 5.26 Å².